The number of fused-ring (bicyclic) bond motifs is 1. The molecular formula is C17H11F3O5. The predicted octanol–water partition coefficient (Wildman–Crippen LogP) is 3.82. The number of ether oxygens (including phenoxy) is 3. The second kappa shape index (κ2) is 6.14. The topological polar surface area (TPSA) is 65.0 Å². The van der Waals surface area contributed by atoms with E-state index in [2.05, 4.69) is 4.74 Å². The molecule has 25 heavy (non-hydrogen) atoms. The van der Waals surface area contributed by atoms with Crippen LogP contribution in [0.25, 0.3) is 6.08 Å². The smallest absolute Gasteiger partial charge is 0.478 e. The van der Waals surface area contributed by atoms with Gasteiger partial charge in [0.05, 0.1) is 0 Å². The van der Waals surface area contributed by atoms with E-state index in [0.29, 0.717) is 0 Å². The van der Waals surface area contributed by atoms with E-state index in [1.807, 2.05) is 0 Å². The van der Waals surface area contributed by atoms with Crippen LogP contribution in [0.2, 0.25) is 0 Å². The minimum absolute atomic E-state index is 0.00678. The average Bonchev–Trinajstić information content (AvgIpc) is 2.53. The third-order valence-electron chi connectivity index (χ3n) is 3.27. The largest absolute Gasteiger partial charge is 0.528 e. The summed E-state index contributed by atoms with van der Waals surface area (Å²) in [7, 11) is 0. The molecule has 1 aliphatic rings. The van der Waals surface area contributed by atoms with Crippen molar-refractivity contribution in [3.63, 3.8) is 0 Å². The summed E-state index contributed by atoms with van der Waals surface area (Å²) in [5.41, 5.74) is -0.551. The number of hydrogen-bond acceptors (Lipinski definition) is 4. The molecule has 1 atom stereocenters. The Bertz CT molecular complexity index is 817. The van der Waals surface area contributed by atoms with E-state index in [1.165, 1.54) is 42.5 Å². The first-order valence-corrected chi connectivity index (χ1v) is 7.03. The number of aliphatic carboxylic acids is 1. The lowest BCUT2D eigenvalue weighted by Crippen LogP contribution is -2.53. The number of para-hydroxylation sites is 2. The maximum Gasteiger partial charge on any atom is 0.528 e. The molecule has 1 unspecified atom stereocenters. The fraction of sp³-hybridized carbons (Fsp3) is 0.118. The molecule has 0 bridgehead atoms. The molecule has 0 aromatic heterocycles. The third kappa shape index (κ3) is 3.58. The summed E-state index contributed by atoms with van der Waals surface area (Å²) in [4.78, 5) is 11.6. The molecule has 130 valence electrons. The van der Waals surface area contributed by atoms with E-state index in [4.69, 9.17) is 9.47 Å². The standard InChI is InChI=1S/C17H11F3O5/c18-17(19,20)25-16(23-12-7-2-1-3-8-12)13(15(21)22)10-11-6-4-5-9-14(11)24-16/h1-10H,(H,21,22). The first-order valence-electron chi connectivity index (χ1n) is 7.03. The van der Waals surface area contributed by atoms with Gasteiger partial charge in [-0.1, -0.05) is 36.4 Å². The van der Waals surface area contributed by atoms with E-state index in [0.717, 1.165) is 6.08 Å². The summed E-state index contributed by atoms with van der Waals surface area (Å²) in [5.74, 6) is -4.75. The Morgan fingerprint density at radius 1 is 1.04 bits per heavy atom. The first kappa shape index (κ1) is 16.8. The van der Waals surface area contributed by atoms with Crippen LogP contribution in [-0.4, -0.2) is 23.4 Å². The van der Waals surface area contributed by atoms with E-state index in [9.17, 15) is 23.1 Å². The number of rotatable bonds is 4. The van der Waals surface area contributed by atoms with Crippen LogP contribution in [0.3, 0.4) is 0 Å². The van der Waals surface area contributed by atoms with Crippen LogP contribution in [0.15, 0.2) is 60.2 Å². The molecule has 0 amide bonds. The summed E-state index contributed by atoms with van der Waals surface area (Å²) < 4.78 is 53.5. The summed E-state index contributed by atoms with van der Waals surface area (Å²) in [6.45, 7) is 0. The van der Waals surface area contributed by atoms with Gasteiger partial charge in [0.15, 0.2) is 5.57 Å². The van der Waals surface area contributed by atoms with E-state index in [-0.39, 0.29) is 17.1 Å². The highest BCUT2D eigenvalue weighted by Crippen LogP contribution is 2.41. The van der Waals surface area contributed by atoms with Crippen LogP contribution in [-0.2, 0) is 9.53 Å². The van der Waals surface area contributed by atoms with Gasteiger partial charge in [0.25, 0.3) is 0 Å². The molecule has 3 rings (SSSR count). The van der Waals surface area contributed by atoms with Crippen molar-refractivity contribution in [1.29, 1.82) is 0 Å². The fourth-order valence-electron chi connectivity index (χ4n) is 2.30. The monoisotopic (exact) mass is 352 g/mol. The number of carboxylic acids is 1. The van der Waals surface area contributed by atoms with E-state index < -0.39 is 23.9 Å². The average molecular weight is 352 g/mol. The Hall–Kier alpha value is -3.00. The number of carbonyl (C=O) groups is 1. The van der Waals surface area contributed by atoms with Gasteiger partial charge >= 0.3 is 18.3 Å². The first-order chi connectivity index (χ1) is 11.8. The normalized spacial score (nSPS) is 19.4. The maximum absolute atomic E-state index is 13.0. The van der Waals surface area contributed by atoms with Crippen molar-refractivity contribution in [2.45, 2.75) is 12.3 Å². The minimum atomic E-state index is -5.21. The highest BCUT2D eigenvalue weighted by Gasteiger charge is 2.55. The van der Waals surface area contributed by atoms with Gasteiger partial charge in [0.2, 0.25) is 0 Å². The van der Waals surface area contributed by atoms with Gasteiger partial charge in [0.1, 0.15) is 11.5 Å². The van der Waals surface area contributed by atoms with Crippen molar-refractivity contribution < 1.29 is 37.3 Å². The molecule has 0 saturated carbocycles. The quantitative estimate of drug-likeness (QED) is 0.848. The molecule has 2 aromatic rings. The van der Waals surface area contributed by atoms with Crippen LogP contribution in [0.1, 0.15) is 5.56 Å². The third-order valence-corrected chi connectivity index (χ3v) is 3.27. The lowest BCUT2D eigenvalue weighted by atomic mass is 10.0. The van der Waals surface area contributed by atoms with E-state index >= 15 is 0 Å². The SMILES string of the molecule is O=C(O)C1=Cc2ccccc2OC1(Oc1ccccc1)OC(F)(F)F. The molecule has 8 heteroatoms. The van der Waals surface area contributed by atoms with Crippen LogP contribution in [0.5, 0.6) is 11.5 Å². The fourth-order valence-corrected chi connectivity index (χ4v) is 2.30. The van der Waals surface area contributed by atoms with Gasteiger partial charge < -0.3 is 14.6 Å². The second-order valence-electron chi connectivity index (χ2n) is 5.02. The molecule has 1 aliphatic heterocycles. The Morgan fingerprint density at radius 3 is 2.32 bits per heavy atom. The zero-order valence-corrected chi connectivity index (χ0v) is 12.5. The number of carboxylic acid groups (broad SMARTS) is 1. The van der Waals surface area contributed by atoms with Gasteiger partial charge in [-0.3, -0.25) is 0 Å². The lowest BCUT2D eigenvalue weighted by molar-refractivity contribution is -0.434. The van der Waals surface area contributed by atoms with Crippen molar-refractivity contribution in [1.82, 2.24) is 0 Å². The van der Waals surface area contributed by atoms with Crippen molar-refractivity contribution in [3.8, 4) is 11.5 Å². The molecule has 1 heterocycles. The van der Waals surface area contributed by atoms with Crippen molar-refractivity contribution >= 4 is 12.0 Å². The number of benzene rings is 2. The lowest BCUT2D eigenvalue weighted by Gasteiger charge is -2.36. The van der Waals surface area contributed by atoms with Gasteiger partial charge in [-0.25, -0.2) is 9.53 Å². The van der Waals surface area contributed by atoms with Crippen molar-refractivity contribution in [2.24, 2.45) is 0 Å². The Morgan fingerprint density at radius 2 is 1.68 bits per heavy atom. The molecule has 5 nitrogen and oxygen atoms in total. The number of alkyl halides is 3. The van der Waals surface area contributed by atoms with Crippen molar-refractivity contribution in [2.75, 3.05) is 0 Å². The van der Waals surface area contributed by atoms with Gasteiger partial charge in [-0.2, -0.15) is 0 Å². The minimum Gasteiger partial charge on any atom is -0.478 e. The van der Waals surface area contributed by atoms with Gasteiger partial charge in [-0.15, -0.1) is 13.2 Å². The summed E-state index contributed by atoms with van der Waals surface area (Å²) in [6.07, 6.45) is -4.19. The molecule has 2 aromatic carbocycles. The van der Waals surface area contributed by atoms with Crippen molar-refractivity contribution in [3.05, 3.63) is 65.7 Å². The Balaban J connectivity index is 2.13. The Labute approximate surface area is 139 Å². The van der Waals surface area contributed by atoms with Gasteiger partial charge in [-0.05, 0) is 24.3 Å². The maximum atomic E-state index is 13.0. The highest BCUT2D eigenvalue weighted by molar-refractivity contribution is 5.95. The summed E-state index contributed by atoms with van der Waals surface area (Å²) in [6, 6.07) is 13.3. The van der Waals surface area contributed by atoms with Gasteiger partial charge in [0, 0.05) is 5.56 Å². The van der Waals surface area contributed by atoms with Crippen LogP contribution in [0.4, 0.5) is 13.2 Å². The van der Waals surface area contributed by atoms with Crippen LogP contribution < -0.4 is 9.47 Å². The highest BCUT2D eigenvalue weighted by atomic mass is 19.4. The van der Waals surface area contributed by atoms with Crippen LogP contribution in [0, 0.1) is 0 Å². The van der Waals surface area contributed by atoms with Crippen LogP contribution >= 0.6 is 0 Å². The zero-order chi connectivity index (χ0) is 18.1. The molecule has 0 aliphatic carbocycles. The van der Waals surface area contributed by atoms with E-state index in [1.54, 1.807) is 12.1 Å². The number of halogens is 3. The molecule has 1 N–H and O–H groups in total. The summed E-state index contributed by atoms with van der Waals surface area (Å²) in [5, 5.41) is 9.40. The molecule has 0 saturated heterocycles. The molecular weight excluding hydrogens is 341 g/mol. The number of hydrogen-bond donors (Lipinski definition) is 1. The second-order valence-corrected chi connectivity index (χ2v) is 5.02. The molecule has 0 radical (unpaired) electrons. The Kier molecular flexibility index (Phi) is 4.13. The molecule has 0 fully saturated rings. The predicted molar refractivity (Wildman–Crippen MR) is 79.6 cm³/mol. The molecule has 0 spiro atoms. The summed E-state index contributed by atoms with van der Waals surface area (Å²) >= 11 is 0. The zero-order valence-electron chi connectivity index (χ0n) is 12.5.